The number of carbonyl (C=O) groups excluding carboxylic acids is 1. The van der Waals surface area contributed by atoms with Gasteiger partial charge in [-0.05, 0) is 44.9 Å². The van der Waals surface area contributed by atoms with Gasteiger partial charge in [0.25, 0.3) is 0 Å². The van der Waals surface area contributed by atoms with Crippen molar-refractivity contribution in [2.75, 3.05) is 40.9 Å². The second-order valence-corrected chi connectivity index (χ2v) is 13.6. The third kappa shape index (κ3) is 27.5. The van der Waals surface area contributed by atoms with Crippen LogP contribution in [0.15, 0.2) is 36.5 Å². The highest BCUT2D eigenvalue weighted by atomic mass is 31.2. The van der Waals surface area contributed by atoms with Crippen molar-refractivity contribution < 1.29 is 32.9 Å². The number of carbonyl (C=O) groups is 1. The molecule has 3 N–H and O–H groups in total. The molecule has 1 amide bonds. The van der Waals surface area contributed by atoms with E-state index in [-0.39, 0.29) is 19.1 Å². The minimum Gasteiger partial charge on any atom is -0.391 e. The van der Waals surface area contributed by atoms with Gasteiger partial charge in [0.1, 0.15) is 13.2 Å². The van der Waals surface area contributed by atoms with E-state index in [2.05, 4.69) is 55.6 Å². The molecule has 0 aliphatic carbocycles. The smallest absolute Gasteiger partial charge is 0.391 e. The minimum absolute atomic E-state index is 0.0686. The first-order valence-corrected chi connectivity index (χ1v) is 17.8. The van der Waals surface area contributed by atoms with Gasteiger partial charge in [-0.3, -0.25) is 13.8 Å². The summed E-state index contributed by atoms with van der Waals surface area (Å²) < 4.78 is 23.3. The number of nitrogens with zero attached hydrogens (tertiary/aromatic N) is 1. The maximum absolute atomic E-state index is 12.7. The number of quaternary nitrogens is 1. The number of phosphoric ester groups is 1. The van der Waals surface area contributed by atoms with Gasteiger partial charge in [-0.1, -0.05) is 102 Å². The average Bonchev–Trinajstić information content (AvgIpc) is 2.92. The van der Waals surface area contributed by atoms with E-state index >= 15 is 0 Å². The van der Waals surface area contributed by atoms with Gasteiger partial charge in [0, 0.05) is 6.42 Å². The first-order valence-electron chi connectivity index (χ1n) is 16.4. The number of amides is 1. The van der Waals surface area contributed by atoms with Crippen molar-refractivity contribution in [3.8, 4) is 0 Å². The number of aliphatic hydroxyl groups excluding tert-OH is 1. The van der Waals surface area contributed by atoms with Gasteiger partial charge in [0.15, 0.2) is 0 Å². The Morgan fingerprint density at radius 3 is 2.10 bits per heavy atom. The van der Waals surface area contributed by atoms with E-state index in [1.165, 1.54) is 0 Å². The number of unbranched alkanes of at least 4 members (excludes halogenated alkanes) is 9. The van der Waals surface area contributed by atoms with Crippen LogP contribution in [0.4, 0.5) is 0 Å². The van der Waals surface area contributed by atoms with Crippen LogP contribution in [0.25, 0.3) is 0 Å². The second-order valence-electron chi connectivity index (χ2n) is 12.2. The van der Waals surface area contributed by atoms with Crippen LogP contribution in [-0.2, 0) is 18.4 Å². The first kappa shape index (κ1) is 40.7. The molecule has 3 atom stereocenters. The lowest BCUT2D eigenvalue weighted by Crippen LogP contribution is -2.46. The molecule has 0 aliphatic heterocycles. The largest absolute Gasteiger partial charge is 0.472 e. The quantitative estimate of drug-likeness (QED) is 0.0362. The molecular weight excluding hydrogens is 551 g/mol. The van der Waals surface area contributed by atoms with Crippen LogP contribution in [0.3, 0.4) is 0 Å². The molecule has 0 saturated carbocycles. The van der Waals surface area contributed by atoms with Crippen molar-refractivity contribution >= 4 is 13.7 Å². The van der Waals surface area contributed by atoms with Crippen molar-refractivity contribution in [3.05, 3.63) is 36.5 Å². The maximum Gasteiger partial charge on any atom is 0.472 e. The fraction of sp³-hybridized carbons (Fsp3) is 0.788. The molecule has 3 unspecified atom stereocenters. The summed E-state index contributed by atoms with van der Waals surface area (Å²) in [6.07, 6.45) is 27.7. The Labute approximate surface area is 257 Å². The van der Waals surface area contributed by atoms with Crippen LogP contribution in [0.1, 0.15) is 117 Å². The second kappa shape index (κ2) is 26.2. The summed E-state index contributed by atoms with van der Waals surface area (Å²) >= 11 is 0. The Balaban J connectivity index is 4.42. The summed E-state index contributed by atoms with van der Waals surface area (Å²) in [5.41, 5.74) is 0. The van der Waals surface area contributed by atoms with Gasteiger partial charge < -0.3 is 19.8 Å². The third-order valence-electron chi connectivity index (χ3n) is 6.90. The zero-order valence-electron chi connectivity index (χ0n) is 27.5. The molecule has 0 aromatic rings. The van der Waals surface area contributed by atoms with Crippen LogP contribution >= 0.6 is 7.82 Å². The van der Waals surface area contributed by atoms with E-state index in [1.807, 2.05) is 21.1 Å². The van der Waals surface area contributed by atoms with E-state index < -0.39 is 20.0 Å². The lowest BCUT2D eigenvalue weighted by Gasteiger charge is -2.26. The Kier molecular flexibility index (Phi) is 25.4. The molecular formula is C33H64N2O6P+. The van der Waals surface area contributed by atoms with E-state index in [1.54, 1.807) is 0 Å². The van der Waals surface area contributed by atoms with Gasteiger partial charge in [0.2, 0.25) is 5.91 Å². The molecule has 0 aromatic heterocycles. The third-order valence-corrected chi connectivity index (χ3v) is 7.89. The Bertz CT molecular complexity index is 794. The highest BCUT2D eigenvalue weighted by Gasteiger charge is 2.28. The predicted molar refractivity (Wildman–Crippen MR) is 175 cm³/mol. The van der Waals surface area contributed by atoms with Crippen molar-refractivity contribution in [1.29, 1.82) is 0 Å². The minimum atomic E-state index is -4.29. The lowest BCUT2D eigenvalue weighted by molar-refractivity contribution is -0.870. The normalized spacial score (nSPS) is 15.5. The highest BCUT2D eigenvalue weighted by Crippen LogP contribution is 2.43. The van der Waals surface area contributed by atoms with E-state index in [0.29, 0.717) is 23.9 Å². The van der Waals surface area contributed by atoms with Crippen LogP contribution in [0.2, 0.25) is 0 Å². The van der Waals surface area contributed by atoms with Crippen LogP contribution in [0, 0.1) is 0 Å². The summed E-state index contributed by atoms with van der Waals surface area (Å²) in [5.74, 6) is -0.173. The fourth-order valence-corrected chi connectivity index (χ4v) is 4.97. The van der Waals surface area contributed by atoms with E-state index in [9.17, 15) is 19.4 Å². The molecule has 0 radical (unpaired) electrons. The van der Waals surface area contributed by atoms with Gasteiger partial charge >= 0.3 is 7.82 Å². The molecule has 0 saturated heterocycles. The molecule has 9 heteroatoms. The number of aliphatic hydroxyl groups is 1. The number of phosphoric acid groups is 1. The Morgan fingerprint density at radius 2 is 1.43 bits per heavy atom. The molecule has 0 spiro atoms. The Hall–Kier alpha value is -1.28. The highest BCUT2D eigenvalue weighted by molar-refractivity contribution is 7.47. The number of hydrogen-bond acceptors (Lipinski definition) is 5. The number of allylic oxidation sites excluding steroid dienone is 6. The Morgan fingerprint density at radius 1 is 0.833 bits per heavy atom. The predicted octanol–water partition coefficient (Wildman–Crippen LogP) is 7.62. The van der Waals surface area contributed by atoms with Crippen LogP contribution < -0.4 is 5.32 Å². The molecule has 0 rings (SSSR count). The molecule has 8 nitrogen and oxygen atoms in total. The topological polar surface area (TPSA) is 105 Å². The molecule has 42 heavy (non-hydrogen) atoms. The lowest BCUT2D eigenvalue weighted by atomic mass is 10.0. The van der Waals surface area contributed by atoms with Crippen LogP contribution in [0.5, 0.6) is 0 Å². The van der Waals surface area contributed by atoms with Gasteiger partial charge in [-0.2, -0.15) is 0 Å². The molecule has 246 valence electrons. The zero-order chi connectivity index (χ0) is 31.5. The fourth-order valence-electron chi connectivity index (χ4n) is 4.23. The van der Waals surface area contributed by atoms with E-state index in [0.717, 1.165) is 89.9 Å². The summed E-state index contributed by atoms with van der Waals surface area (Å²) in [7, 11) is 1.59. The van der Waals surface area contributed by atoms with Gasteiger partial charge in [-0.15, -0.1) is 0 Å². The molecule has 0 bridgehead atoms. The van der Waals surface area contributed by atoms with Crippen molar-refractivity contribution in [3.63, 3.8) is 0 Å². The monoisotopic (exact) mass is 615 g/mol. The average molecular weight is 616 g/mol. The zero-order valence-corrected chi connectivity index (χ0v) is 28.4. The van der Waals surface area contributed by atoms with Crippen molar-refractivity contribution in [2.24, 2.45) is 0 Å². The van der Waals surface area contributed by atoms with Gasteiger partial charge in [-0.25, -0.2) is 4.57 Å². The summed E-state index contributed by atoms with van der Waals surface area (Å²) in [5, 5.41) is 13.6. The number of likely N-dealkylation sites (N-methyl/N-ethyl adjacent to an activating group) is 1. The number of rotatable bonds is 28. The number of nitrogens with one attached hydrogen (secondary N) is 1. The first-order chi connectivity index (χ1) is 20.0. The standard InChI is InChI=1S/C33H63N2O6P/c1-6-8-10-12-13-14-15-16-17-18-19-20-21-23-25-27-33(37)34-31(32(36)26-24-22-11-9-7-2)30-41-42(38,39)40-29-28-35(3,4)5/h8,10,13-14,16-17,31-32,36H,6-7,9,11-12,15,18-30H2,1-5H3,(H-,34,37,38,39)/p+1/b10-8-,14-13-,17-16-. The SMILES string of the molecule is CC/C=C\C/C=C\C/C=C\CCCCCCCC(=O)NC(COP(=O)(O)OCC[N+](C)(C)C)C(O)CCCCCCC. The van der Waals surface area contributed by atoms with Gasteiger partial charge in [0.05, 0.1) is 39.9 Å². The maximum atomic E-state index is 12.7. The molecule has 0 fully saturated rings. The summed E-state index contributed by atoms with van der Waals surface area (Å²) in [6.45, 7) is 4.63. The summed E-state index contributed by atoms with van der Waals surface area (Å²) in [4.78, 5) is 22.8. The van der Waals surface area contributed by atoms with E-state index in [4.69, 9.17) is 9.05 Å². The van der Waals surface area contributed by atoms with Crippen molar-refractivity contribution in [1.82, 2.24) is 5.32 Å². The summed E-state index contributed by atoms with van der Waals surface area (Å²) in [6, 6.07) is -0.763. The van der Waals surface area contributed by atoms with Crippen molar-refractivity contribution in [2.45, 2.75) is 129 Å². The molecule has 0 aliphatic rings. The molecule has 0 heterocycles. The number of hydrogen-bond donors (Lipinski definition) is 3. The van der Waals surface area contributed by atoms with Crippen LogP contribution in [-0.4, -0.2) is 73.4 Å². The molecule has 0 aromatic carbocycles.